The predicted octanol–water partition coefficient (Wildman–Crippen LogP) is 1.53. The second-order valence-corrected chi connectivity index (χ2v) is 6.09. The molecule has 1 fully saturated rings. The summed E-state index contributed by atoms with van der Waals surface area (Å²) in [5.74, 6) is 0.621. The van der Waals surface area contributed by atoms with Crippen molar-refractivity contribution in [3.63, 3.8) is 0 Å². The largest absolute Gasteiger partial charge is 0.370 e. The molecule has 0 unspecified atom stereocenters. The molecule has 1 aromatic rings. The maximum absolute atomic E-state index is 12.4. The summed E-state index contributed by atoms with van der Waals surface area (Å²) in [6.45, 7) is 1.95. The number of hydrogen-bond acceptors (Lipinski definition) is 2. The fraction of sp³-hybridized carbons (Fsp3) is 0.529. The van der Waals surface area contributed by atoms with E-state index in [4.69, 9.17) is 5.73 Å². The van der Waals surface area contributed by atoms with Crippen LogP contribution in [-0.2, 0) is 6.42 Å². The normalized spacial score (nSPS) is 19.4. The van der Waals surface area contributed by atoms with Crippen molar-refractivity contribution in [2.75, 3.05) is 19.6 Å². The quantitative estimate of drug-likeness (QED) is 0.654. The zero-order valence-corrected chi connectivity index (χ0v) is 12.9. The fourth-order valence-corrected chi connectivity index (χ4v) is 3.30. The third-order valence-electron chi connectivity index (χ3n) is 4.55. The molecule has 1 heterocycles. The number of nitrogens with two attached hydrogens (primary N) is 1. The van der Waals surface area contributed by atoms with Crippen molar-refractivity contribution in [3.05, 3.63) is 35.4 Å². The molecule has 3 rings (SSSR count). The lowest BCUT2D eigenvalue weighted by Gasteiger charge is -2.28. The molecular formula is C17H24N4O. The van der Waals surface area contributed by atoms with Crippen molar-refractivity contribution in [3.8, 4) is 0 Å². The average Bonchev–Trinajstić information content (AvgIpc) is 3.03. The molecule has 1 aromatic carbocycles. The summed E-state index contributed by atoms with van der Waals surface area (Å²) in [6.07, 6.45) is 5.82. The molecule has 0 bridgehead atoms. The van der Waals surface area contributed by atoms with Crippen molar-refractivity contribution < 1.29 is 4.79 Å². The van der Waals surface area contributed by atoms with Crippen molar-refractivity contribution in [1.82, 2.24) is 10.2 Å². The van der Waals surface area contributed by atoms with E-state index in [1.54, 1.807) is 0 Å². The predicted molar refractivity (Wildman–Crippen MR) is 87.9 cm³/mol. The number of nitrogens with zero attached hydrogens (tertiary/aromatic N) is 2. The van der Waals surface area contributed by atoms with Gasteiger partial charge in [0.2, 0.25) is 0 Å². The van der Waals surface area contributed by atoms with Gasteiger partial charge in [0, 0.05) is 24.7 Å². The second kappa shape index (κ2) is 6.81. The maximum atomic E-state index is 12.4. The van der Waals surface area contributed by atoms with Gasteiger partial charge in [0.1, 0.15) is 0 Å². The Hall–Kier alpha value is -2.04. The number of guanidine groups is 1. The summed E-state index contributed by atoms with van der Waals surface area (Å²) in [5, 5.41) is 3.27. The van der Waals surface area contributed by atoms with E-state index in [0.717, 1.165) is 24.1 Å². The van der Waals surface area contributed by atoms with Crippen LogP contribution in [0, 0.1) is 0 Å². The van der Waals surface area contributed by atoms with Crippen LogP contribution in [0.1, 0.15) is 41.6 Å². The second-order valence-electron chi connectivity index (χ2n) is 6.09. The van der Waals surface area contributed by atoms with Crippen LogP contribution >= 0.6 is 0 Å². The van der Waals surface area contributed by atoms with Gasteiger partial charge in [-0.2, -0.15) is 0 Å². The van der Waals surface area contributed by atoms with Crippen LogP contribution in [0.2, 0.25) is 0 Å². The van der Waals surface area contributed by atoms with Gasteiger partial charge in [-0.3, -0.25) is 9.79 Å². The van der Waals surface area contributed by atoms with E-state index in [9.17, 15) is 4.79 Å². The summed E-state index contributed by atoms with van der Waals surface area (Å²) < 4.78 is 0. The molecule has 5 heteroatoms. The summed E-state index contributed by atoms with van der Waals surface area (Å²) >= 11 is 0. The van der Waals surface area contributed by atoms with E-state index in [1.807, 2.05) is 29.2 Å². The molecule has 0 spiro atoms. The minimum absolute atomic E-state index is 0.111. The molecule has 0 atom stereocenters. The van der Waals surface area contributed by atoms with Crippen molar-refractivity contribution in [2.45, 2.75) is 38.1 Å². The first-order valence-corrected chi connectivity index (χ1v) is 8.17. The lowest BCUT2D eigenvalue weighted by atomic mass is 9.99. The molecule has 3 N–H and O–H groups in total. The third-order valence-corrected chi connectivity index (χ3v) is 4.55. The molecule has 0 saturated heterocycles. The Morgan fingerprint density at radius 3 is 2.91 bits per heavy atom. The van der Waals surface area contributed by atoms with Gasteiger partial charge in [-0.15, -0.1) is 0 Å². The number of carbonyl (C=O) groups excluding carboxylic acids is 1. The van der Waals surface area contributed by atoms with Gasteiger partial charge >= 0.3 is 0 Å². The first-order chi connectivity index (χ1) is 10.7. The molecule has 5 nitrogen and oxygen atoms in total. The summed E-state index contributed by atoms with van der Waals surface area (Å²) in [5.41, 5.74) is 7.89. The Kier molecular flexibility index (Phi) is 4.61. The molecule has 2 aliphatic rings. The number of aliphatic imine (C=N–C) groups is 1. The van der Waals surface area contributed by atoms with Crippen LogP contribution in [0.4, 0.5) is 0 Å². The van der Waals surface area contributed by atoms with Gasteiger partial charge in [0.15, 0.2) is 5.96 Å². The average molecular weight is 300 g/mol. The molecule has 118 valence electrons. The topological polar surface area (TPSA) is 70.7 Å². The van der Waals surface area contributed by atoms with Gasteiger partial charge in [0.05, 0.1) is 6.54 Å². The Labute approximate surface area is 131 Å². The van der Waals surface area contributed by atoms with E-state index in [2.05, 4.69) is 10.3 Å². The molecule has 0 radical (unpaired) electrons. The summed E-state index contributed by atoms with van der Waals surface area (Å²) in [7, 11) is 0. The number of nitrogens with one attached hydrogen (secondary N) is 1. The molecule has 1 aliphatic carbocycles. The number of rotatable bonds is 4. The molecule has 1 saturated carbocycles. The number of carbonyl (C=O) groups is 1. The first-order valence-electron chi connectivity index (χ1n) is 8.17. The molecule has 1 aliphatic heterocycles. The molecule has 1 amide bonds. The van der Waals surface area contributed by atoms with Crippen LogP contribution in [-0.4, -0.2) is 42.4 Å². The van der Waals surface area contributed by atoms with E-state index >= 15 is 0 Å². The van der Waals surface area contributed by atoms with E-state index in [-0.39, 0.29) is 5.91 Å². The minimum atomic E-state index is 0.111. The standard InChI is InChI=1S/C17H24N4O/c18-17(20-14-6-2-3-7-14)19-10-12-21-11-9-13-5-1-4-8-15(13)16(21)22/h1,4-5,8,14H,2-3,6-7,9-12H2,(H3,18,19,20). The Bertz CT molecular complexity index is 564. The highest BCUT2D eigenvalue weighted by molar-refractivity contribution is 5.96. The van der Waals surface area contributed by atoms with Gasteiger partial charge < -0.3 is 16.0 Å². The third kappa shape index (κ3) is 3.40. The highest BCUT2D eigenvalue weighted by Gasteiger charge is 2.23. The van der Waals surface area contributed by atoms with Crippen LogP contribution in [0.15, 0.2) is 29.3 Å². The van der Waals surface area contributed by atoms with Crippen LogP contribution in [0.25, 0.3) is 0 Å². The van der Waals surface area contributed by atoms with Crippen LogP contribution in [0.5, 0.6) is 0 Å². The monoisotopic (exact) mass is 300 g/mol. The number of amides is 1. The SMILES string of the molecule is NC(=NCCN1CCc2ccccc2C1=O)NC1CCCC1. The lowest BCUT2D eigenvalue weighted by Crippen LogP contribution is -2.41. The van der Waals surface area contributed by atoms with Crippen LogP contribution < -0.4 is 11.1 Å². The smallest absolute Gasteiger partial charge is 0.254 e. The summed E-state index contributed by atoms with van der Waals surface area (Å²) in [4.78, 5) is 18.6. The first kappa shape index (κ1) is 14.9. The van der Waals surface area contributed by atoms with Crippen molar-refractivity contribution in [2.24, 2.45) is 10.7 Å². The Morgan fingerprint density at radius 1 is 1.32 bits per heavy atom. The molecule has 22 heavy (non-hydrogen) atoms. The van der Waals surface area contributed by atoms with Gasteiger partial charge in [-0.05, 0) is 30.9 Å². The number of benzene rings is 1. The maximum Gasteiger partial charge on any atom is 0.254 e. The summed E-state index contributed by atoms with van der Waals surface area (Å²) in [6, 6.07) is 8.32. The van der Waals surface area contributed by atoms with Crippen molar-refractivity contribution in [1.29, 1.82) is 0 Å². The Balaban J connectivity index is 1.50. The van der Waals surface area contributed by atoms with E-state index in [1.165, 1.54) is 25.7 Å². The van der Waals surface area contributed by atoms with Gasteiger partial charge in [-0.25, -0.2) is 0 Å². The fourth-order valence-electron chi connectivity index (χ4n) is 3.30. The zero-order chi connectivity index (χ0) is 15.4. The molecule has 0 aromatic heterocycles. The number of fused-ring (bicyclic) bond motifs is 1. The number of hydrogen-bond donors (Lipinski definition) is 2. The molecular weight excluding hydrogens is 276 g/mol. The highest BCUT2D eigenvalue weighted by Crippen LogP contribution is 2.18. The highest BCUT2D eigenvalue weighted by atomic mass is 16.2. The van der Waals surface area contributed by atoms with Gasteiger partial charge in [0.25, 0.3) is 5.91 Å². The van der Waals surface area contributed by atoms with E-state index < -0.39 is 0 Å². The van der Waals surface area contributed by atoms with Crippen LogP contribution in [0.3, 0.4) is 0 Å². The lowest BCUT2D eigenvalue weighted by molar-refractivity contribution is 0.0745. The minimum Gasteiger partial charge on any atom is -0.370 e. The zero-order valence-electron chi connectivity index (χ0n) is 12.9. The van der Waals surface area contributed by atoms with Gasteiger partial charge in [-0.1, -0.05) is 31.0 Å². The van der Waals surface area contributed by atoms with Crippen molar-refractivity contribution >= 4 is 11.9 Å². The Morgan fingerprint density at radius 2 is 2.09 bits per heavy atom. The van der Waals surface area contributed by atoms with E-state index in [0.29, 0.717) is 25.1 Å².